The molecule has 0 aliphatic heterocycles. The molecule has 0 amide bonds. The third kappa shape index (κ3) is 3.68. The fraction of sp³-hybridized carbons (Fsp3) is 0.769. The summed E-state index contributed by atoms with van der Waals surface area (Å²) < 4.78 is 0. The summed E-state index contributed by atoms with van der Waals surface area (Å²) in [6.45, 7) is 13.6. The van der Waals surface area contributed by atoms with Crippen LogP contribution in [0.5, 0.6) is 0 Å². The van der Waals surface area contributed by atoms with E-state index < -0.39 is 6.10 Å². The Balaban J connectivity index is 2.98. The Morgan fingerprint density at radius 3 is 2.18 bits per heavy atom. The van der Waals surface area contributed by atoms with E-state index in [1.165, 1.54) is 0 Å². The lowest BCUT2D eigenvalue weighted by molar-refractivity contribution is 0.202. The molecule has 4 heteroatoms. The van der Waals surface area contributed by atoms with E-state index >= 15 is 0 Å². The Hall–Kier alpha value is -0.610. The number of hydrogen-bond acceptors (Lipinski definition) is 4. The molecular weight excluding hydrogens is 232 g/mol. The van der Waals surface area contributed by atoms with Gasteiger partial charge in [-0.3, -0.25) is 0 Å². The molecule has 0 bridgehead atoms. The predicted molar refractivity (Wildman–Crippen MR) is 74.8 cm³/mol. The summed E-state index contributed by atoms with van der Waals surface area (Å²) in [4.78, 5) is 7.89. The molecule has 1 atom stereocenters. The predicted octanol–water partition coefficient (Wildman–Crippen LogP) is 3.38. The second kappa shape index (κ2) is 5.83. The lowest BCUT2D eigenvalue weighted by atomic mass is 10.2. The van der Waals surface area contributed by atoms with E-state index in [-0.39, 0.29) is 0 Å². The molecule has 0 aliphatic carbocycles. The van der Waals surface area contributed by atoms with Gasteiger partial charge in [0.15, 0.2) is 5.13 Å². The molecular formula is C13H24N2OS. The average Bonchev–Trinajstić information content (AvgIpc) is 2.55. The van der Waals surface area contributed by atoms with E-state index in [9.17, 15) is 5.11 Å². The number of rotatable bonds is 5. The summed E-state index contributed by atoms with van der Waals surface area (Å²) in [5, 5.41) is 10.7. The van der Waals surface area contributed by atoms with Gasteiger partial charge in [-0.15, -0.1) is 0 Å². The maximum atomic E-state index is 9.67. The molecule has 1 rings (SSSR count). The van der Waals surface area contributed by atoms with Crippen LogP contribution in [0.15, 0.2) is 0 Å². The minimum absolute atomic E-state index is 0.422. The van der Waals surface area contributed by atoms with Gasteiger partial charge in [-0.2, -0.15) is 0 Å². The van der Waals surface area contributed by atoms with Crippen molar-refractivity contribution in [3.63, 3.8) is 0 Å². The Labute approximate surface area is 108 Å². The highest BCUT2D eigenvalue weighted by molar-refractivity contribution is 7.15. The van der Waals surface area contributed by atoms with Crippen LogP contribution >= 0.6 is 11.3 Å². The molecule has 1 N–H and O–H groups in total. The second-order valence-corrected chi connectivity index (χ2v) is 6.27. The van der Waals surface area contributed by atoms with Gasteiger partial charge in [0.1, 0.15) is 0 Å². The van der Waals surface area contributed by atoms with Crippen molar-refractivity contribution in [1.82, 2.24) is 4.98 Å². The Bertz CT molecular complexity index is 358. The van der Waals surface area contributed by atoms with Crippen molar-refractivity contribution in [3.8, 4) is 0 Å². The standard InChI is InChI=1S/C13H24N2OS/c1-8(2)7-15(9(3)4)13-14-10(5)12(17-13)11(6)16/h8-9,11,16H,7H2,1-6H3. The van der Waals surface area contributed by atoms with Gasteiger partial charge >= 0.3 is 0 Å². The first-order valence-corrected chi connectivity index (χ1v) is 7.06. The SMILES string of the molecule is Cc1nc(N(CC(C)C)C(C)C)sc1C(C)O. The van der Waals surface area contributed by atoms with Crippen molar-refractivity contribution >= 4 is 16.5 Å². The number of aliphatic hydroxyl groups excluding tert-OH is 1. The summed E-state index contributed by atoms with van der Waals surface area (Å²) >= 11 is 1.61. The van der Waals surface area contributed by atoms with E-state index in [1.807, 2.05) is 6.92 Å². The number of aromatic nitrogens is 1. The van der Waals surface area contributed by atoms with Crippen LogP contribution in [-0.2, 0) is 0 Å². The summed E-state index contributed by atoms with van der Waals surface area (Å²) in [7, 11) is 0. The third-order valence-corrected chi connectivity index (χ3v) is 4.00. The largest absolute Gasteiger partial charge is 0.388 e. The highest BCUT2D eigenvalue weighted by atomic mass is 32.1. The molecule has 98 valence electrons. The molecule has 3 nitrogen and oxygen atoms in total. The quantitative estimate of drug-likeness (QED) is 0.877. The first kappa shape index (κ1) is 14.5. The van der Waals surface area contributed by atoms with Crippen molar-refractivity contribution < 1.29 is 5.11 Å². The monoisotopic (exact) mass is 256 g/mol. The number of aryl methyl sites for hydroxylation is 1. The zero-order chi connectivity index (χ0) is 13.2. The van der Waals surface area contributed by atoms with Gasteiger partial charge in [0, 0.05) is 12.6 Å². The van der Waals surface area contributed by atoms with Gasteiger partial charge in [0.2, 0.25) is 0 Å². The fourth-order valence-electron chi connectivity index (χ4n) is 1.81. The van der Waals surface area contributed by atoms with Crippen LogP contribution in [0.3, 0.4) is 0 Å². The van der Waals surface area contributed by atoms with E-state index in [2.05, 4.69) is 37.6 Å². The first-order valence-electron chi connectivity index (χ1n) is 6.25. The molecule has 1 aromatic heterocycles. The van der Waals surface area contributed by atoms with Gasteiger partial charge < -0.3 is 10.0 Å². The normalized spacial score (nSPS) is 13.5. The number of anilines is 1. The molecule has 1 aromatic rings. The summed E-state index contributed by atoms with van der Waals surface area (Å²) in [6, 6.07) is 0.435. The van der Waals surface area contributed by atoms with Crippen LogP contribution in [0.25, 0.3) is 0 Å². The number of aliphatic hydroxyl groups is 1. The fourth-order valence-corrected chi connectivity index (χ4v) is 2.95. The maximum absolute atomic E-state index is 9.67. The Morgan fingerprint density at radius 1 is 1.24 bits per heavy atom. The smallest absolute Gasteiger partial charge is 0.186 e. The van der Waals surface area contributed by atoms with E-state index in [0.29, 0.717) is 12.0 Å². The molecule has 0 aromatic carbocycles. The van der Waals surface area contributed by atoms with Crippen LogP contribution in [-0.4, -0.2) is 22.7 Å². The second-order valence-electron chi connectivity index (χ2n) is 5.26. The average molecular weight is 256 g/mol. The summed E-state index contributed by atoms with van der Waals surface area (Å²) in [5.41, 5.74) is 0.953. The maximum Gasteiger partial charge on any atom is 0.186 e. The van der Waals surface area contributed by atoms with Crippen LogP contribution < -0.4 is 4.90 Å². The Morgan fingerprint density at radius 2 is 1.82 bits per heavy atom. The molecule has 1 unspecified atom stereocenters. The van der Waals surface area contributed by atoms with Gasteiger partial charge in [-0.05, 0) is 33.6 Å². The number of nitrogens with zero attached hydrogens (tertiary/aromatic N) is 2. The molecule has 0 saturated heterocycles. The minimum atomic E-state index is -0.422. The molecule has 0 spiro atoms. The number of hydrogen-bond donors (Lipinski definition) is 1. The molecule has 0 saturated carbocycles. The van der Waals surface area contributed by atoms with Gasteiger partial charge in [0.05, 0.1) is 16.7 Å². The van der Waals surface area contributed by atoms with Crippen molar-refractivity contribution in [2.75, 3.05) is 11.4 Å². The lowest BCUT2D eigenvalue weighted by Crippen LogP contribution is -2.34. The van der Waals surface area contributed by atoms with E-state index in [1.54, 1.807) is 18.3 Å². The zero-order valence-corrected chi connectivity index (χ0v) is 12.5. The van der Waals surface area contributed by atoms with Crippen molar-refractivity contribution in [2.24, 2.45) is 5.92 Å². The van der Waals surface area contributed by atoms with E-state index in [4.69, 9.17) is 0 Å². The highest BCUT2D eigenvalue weighted by Gasteiger charge is 2.19. The first-order chi connectivity index (χ1) is 7.82. The molecule has 0 aliphatic rings. The summed E-state index contributed by atoms with van der Waals surface area (Å²) in [6.07, 6.45) is -0.422. The summed E-state index contributed by atoms with van der Waals surface area (Å²) in [5.74, 6) is 0.608. The van der Waals surface area contributed by atoms with Crippen molar-refractivity contribution in [2.45, 2.75) is 53.7 Å². The van der Waals surface area contributed by atoms with Gasteiger partial charge in [0.25, 0.3) is 0 Å². The topological polar surface area (TPSA) is 36.4 Å². The van der Waals surface area contributed by atoms with Gasteiger partial charge in [-0.1, -0.05) is 25.2 Å². The van der Waals surface area contributed by atoms with Crippen LogP contribution in [0, 0.1) is 12.8 Å². The lowest BCUT2D eigenvalue weighted by Gasteiger charge is -2.27. The van der Waals surface area contributed by atoms with Crippen LogP contribution in [0.2, 0.25) is 0 Å². The number of thiazole rings is 1. The molecule has 17 heavy (non-hydrogen) atoms. The molecule has 0 fully saturated rings. The van der Waals surface area contributed by atoms with Crippen molar-refractivity contribution in [3.05, 3.63) is 10.6 Å². The van der Waals surface area contributed by atoms with Gasteiger partial charge in [-0.25, -0.2) is 4.98 Å². The van der Waals surface area contributed by atoms with E-state index in [0.717, 1.165) is 22.2 Å². The van der Waals surface area contributed by atoms with Crippen molar-refractivity contribution in [1.29, 1.82) is 0 Å². The Kier molecular flexibility index (Phi) is 4.95. The zero-order valence-electron chi connectivity index (χ0n) is 11.7. The van der Waals surface area contributed by atoms with Crippen LogP contribution in [0.1, 0.15) is 51.3 Å². The third-order valence-electron chi connectivity index (χ3n) is 2.63. The minimum Gasteiger partial charge on any atom is -0.388 e. The van der Waals surface area contributed by atoms with Crippen LogP contribution in [0.4, 0.5) is 5.13 Å². The highest BCUT2D eigenvalue weighted by Crippen LogP contribution is 2.31. The molecule has 1 heterocycles. The molecule has 0 radical (unpaired) electrons.